The molecule has 0 fully saturated rings. The Kier molecular flexibility index (Phi) is 1.15. The number of imidazole rings is 1. The van der Waals surface area contributed by atoms with E-state index in [4.69, 9.17) is 5.84 Å². The summed E-state index contributed by atoms with van der Waals surface area (Å²) in [6.07, 6.45) is 3.70. The molecule has 0 atom stereocenters. The second-order valence-corrected chi connectivity index (χ2v) is 2.62. The van der Waals surface area contributed by atoms with Gasteiger partial charge in [-0.25, -0.2) is 9.66 Å². The van der Waals surface area contributed by atoms with Crippen molar-refractivity contribution >= 4 is 11.4 Å². The van der Waals surface area contributed by atoms with Gasteiger partial charge in [-0.05, 0) is 12.5 Å². The molecule has 58 valence electrons. The molecule has 11 heavy (non-hydrogen) atoms. The van der Waals surface area contributed by atoms with Crippen LogP contribution >= 0.6 is 0 Å². The Morgan fingerprint density at radius 3 is 3.27 bits per heavy atom. The van der Waals surface area contributed by atoms with Gasteiger partial charge in [0, 0.05) is 6.54 Å². The van der Waals surface area contributed by atoms with Crippen LogP contribution in [0.1, 0.15) is 12.6 Å². The van der Waals surface area contributed by atoms with Crippen LogP contribution in [0.15, 0.2) is 12.4 Å². The summed E-state index contributed by atoms with van der Waals surface area (Å²) in [7, 11) is 0. The highest BCUT2D eigenvalue weighted by Gasteiger charge is 2.13. The molecule has 0 aliphatic carbocycles. The van der Waals surface area contributed by atoms with E-state index < -0.39 is 0 Å². The van der Waals surface area contributed by atoms with Crippen LogP contribution in [-0.4, -0.2) is 16.2 Å². The van der Waals surface area contributed by atoms with Gasteiger partial charge >= 0.3 is 0 Å². The lowest BCUT2D eigenvalue weighted by atomic mass is 10.1. The van der Waals surface area contributed by atoms with Gasteiger partial charge in [-0.1, -0.05) is 6.08 Å². The first-order valence-corrected chi connectivity index (χ1v) is 3.52. The van der Waals surface area contributed by atoms with Crippen LogP contribution in [0.4, 0.5) is 5.82 Å². The molecule has 0 saturated heterocycles. The molecule has 2 heterocycles. The molecule has 2 rings (SSSR count). The first-order chi connectivity index (χ1) is 5.29. The summed E-state index contributed by atoms with van der Waals surface area (Å²) in [4.78, 5) is 4.14. The van der Waals surface area contributed by atoms with E-state index in [9.17, 15) is 0 Å². The summed E-state index contributed by atoms with van der Waals surface area (Å²) in [6, 6.07) is 0. The van der Waals surface area contributed by atoms with E-state index in [0.717, 1.165) is 18.1 Å². The fourth-order valence-corrected chi connectivity index (χ4v) is 1.22. The first-order valence-electron chi connectivity index (χ1n) is 3.52. The Morgan fingerprint density at radius 1 is 1.73 bits per heavy atom. The van der Waals surface area contributed by atoms with E-state index in [0.29, 0.717) is 0 Å². The van der Waals surface area contributed by atoms with Gasteiger partial charge in [-0.2, -0.15) is 0 Å². The Bertz CT molecular complexity index is 310. The van der Waals surface area contributed by atoms with E-state index in [2.05, 4.69) is 16.4 Å². The van der Waals surface area contributed by atoms with Crippen LogP contribution in [0, 0.1) is 0 Å². The van der Waals surface area contributed by atoms with Gasteiger partial charge in [0.25, 0.3) is 0 Å². The van der Waals surface area contributed by atoms with Crippen molar-refractivity contribution in [2.75, 3.05) is 17.7 Å². The minimum Gasteiger partial charge on any atom is -0.365 e. The predicted octanol–water partition coefficient (Wildman–Crippen LogP) is 0.426. The number of allylic oxidation sites excluding steroid dienone is 1. The maximum atomic E-state index is 5.59. The Hall–Kier alpha value is -1.45. The zero-order chi connectivity index (χ0) is 7.84. The van der Waals surface area contributed by atoms with E-state index in [1.807, 2.05) is 6.92 Å². The van der Waals surface area contributed by atoms with E-state index in [1.54, 1.807) is 6.33 Å². The molecule has 4 nitrogen and oxygen atoms in total. The summed E-state index contributed by atoms with van der Waals surface area (Å²) in [5, 5.41) is 3.14. The van der Waals surface area contributed by atoms with Crippen LogP contribution in [0.3, 0.4) is 0 Å². The number of fused-ring (bicyclic) bond motifs is 1. The van der Waals surface area contributed by atoms with E-state index in [-0.39, 0.29) is 0 Å². The van der Waals surface area contributed by atoms with Crippen molar-refractivity contribution in [3.05, 3.63) is 18.1 Å². The third-order valence-electron chi connectivity index (χ3n) is 1.85. The quantitative estimate of drug-likeness (QED) is 0.527. The highest BCUT2D eigenvalue weighted by atomic mass is 15.4. The molecule has 0 radical (unpaired) electrons. The summed E-state index contributed by atoms with van der Waals surface area (Å²) in [5.41, 5.74) is 2.14. The zero-order valence-electron chi connectivity index (χ0n) is 6.33. The van der Waals surface area contributed by atoms with Gasteiger partial charge < -0.3 is 11.2 Å². The average molecular weight is 150 g/mol. The number of nitrogen functional groups attached to an aromatic ring is 1. The second kappa shape index (κ2) is 2.02. The van der Waals surface area contributed by atoms with Gasteiger partial charge in [0.05, 0.1) is 0 Å². The smallest absolute Gasteiger partial charge is 0.152 e. The predicted molar refractivity (Wildman–Crippen MR) is 44.5 cm³/mol. The number of aromatic nitrogens is 2. The number of nitrogens with two attached hydrogens (primary N) is 1. The molecule has 1 aliphatic heterocycles. The maximum Gasteiger partial charge on any atom is 0.152 e. The number of rotatable bonds is 0. The van der Waals surface area contributed by atoms with Crippen molar-refractivity contribution < 1.29 is 0 Å². The number of hydrogen-bond donors (Lipinski definition) is 2. The zero-order valence-corrected chi connectivity index (χ0v) is 6.33. The Labute approximate surface area is 64.7 Å². The summed E-state index contributed by atoms with van der Waals surface area (Å²) in [5.74, 6) is 6.50. The Balaban J connectivity index is 2.58. The van der Waals surface area contributed by atoms with Crippen molar-refractivity contribution in [2.45, 2.75) is 6.92 Å². The maximum absolute atomic E-state index is 5.59. The standard InChI is InChI=1S/C7H10N4/c1-5-2-3-9-7-6(5)10-4-11(7)8/h2,4,9H,3,8H2,1H3. The molecule has 0 aromatic carbocycles. The SMILES string of the molecule is CC1=CCNc2c1ncn2N. The lowest BCUT2D eigenvalue weighted by Gasteiger charge is -2.12. The summed E-state index contributed by atoms with van der Waals surface area (Å²) in [6.45, 7) is 2.87. The lowest BCUT2D eigenvalue weighted by Crippen LogP contribution is -2.15. The summed E-state index contributed by atoms with van der Waals surface area (Å²) >= 11 is 0. The van der Waals surface area contributed by atoms with E-state index in [1.165, 1.54) is 10.2 Å². The van der Waals surface area contributed by atoms with Crippen molar-refractivity contribution in [1.29, 1.82) is 0 Å². The molecule has 4 heteroatoms. The molecule has 3 N–H and O–H groups in total. The third kappa shape index (κ3) is 0.790. The van der Waals surface area contributed by atoms with Gasteiger partial charge in [0.15, 0.2) is 5.82 Å². The van der Waals surface area contributed by atoms with Crippen molar-refractivity contribution in [3.8, 4) is 0 Å². The van der Waals surface area contributed by atoms with E-state index >= 15 is 0 Å². The van der Waals surface area contributed by atoms with Gasteiger partial charge in [0.2, 0.25) is 0 Å². The van der Waals surface area contributed by atoms with Gasteiger partial charge in [-0.15, -0.1) is 0 Å². The molecular weight excluding hydrogens is 140 g/mol. The highest BCUT2D eigenvalue weighted by molar-refractivity contribution is 5.73. The van der Waals surface area contributed by atoms with Crippen LogP contribution < -0.4 is 11.2 Å². The van der Waals surface area contributed by atoms with Gasteiger partial charge in [0.1, 0.15) is 12.0 Å². The molecule has 1 aromatic rings. The number of nitrogens with zero attached hydrogens (tertiary/aromatic N) is 2. The van der Waals surface area contributed by atoms with Crippen LogP contribution in [-0.2, 0) is 0 Å². The number of nitrogens with one attached hydrogen (secondary N) is 1. The minimum atomic E-state index is 0.835. The van der Waals surface area contributed by atoms with Crippen molar-refractivity contribution in [2.24, 2.45) is 0 Å². The lowest BCUT2D eigenvalue weighted by molar-refractivity contribution is 0.992. The molecular formula is C7H10N4. The Morgan fingerprint density at radius 2 is 2.55 bits per heavy atom. The molecule has 0 bridgehead atoms. The fourth-order valence-electron chi connectivity index (χ4n) is 1.22. The molecule has 0 saturated carbocycles. The van der Waals surface area contributed by atoms with Gasteiger partial charge in [-0.3, -0.25) is 0 Å². The molecule has 1 aromatic heterocycles. The third-order valence-corrected chi connectivity index (χ3v) is 1.85. The average Bonchev–Trinajstić information content (AvgIpc) is 2.35. The minimum absolute atomic E-state index is 0.835. The molecule has 0 unspecified atom stereocenters. The second-order valence-electron chi connectivity index (χ2n) is 2.62. The monoisotopic (exact) mass is 150 g/mol. The van der Waals surface area contributed by atoms with Crippen molar-refractivity contribution in [3.63, 3.8) is 0 Å². The molecule has 0 spiro atoms. The van der Waals surface area contributed by atoms with Crippen LogP contribution in [0.5, 0.6) is 0 Å². The molecule has 0 amide bonds. The fraction of sp³-hybridized carbons (Fsp3) is 0.286. The van der Waals surface area contributed by atoms with Crippen LogP contribution in [0.25, 0.3) is 5.57 Å². The topological polar surface area (TPSA) is 55.9 Å². The highest BCUT2D eigenvalue weighted by Crippen LogP contribution is 2.23. The van der Waals surface area contributed by atoms with Crippen molar-refractivity contribution in [1.82, 2.24) is 9.66 Å². The first kappa shape index (κ1) is 6.27. The number of anilines is 1. The largest absolute Gasteiger partial charge is 0.365 e. The summed E-state index contributed by atoms with van der Waals surface area (Å²) < 4.78 is 1.51. The molecule has 1 aliphatic rings. The normalized spacial score (nSPS) is 15.2. The van der Waals surface area contributed by atoms with Crippen LogP contribution in [0.2, 0.25) is 0 Å². The number of hydrogen-bond acceptors (Lipinski definition) is 3.